The Labute approximate surface area is 122 Å². The highest BCUT2D eigenvalue weighted by atomic mass is 16.5. The van der Waals surface area contributed by atoms with Gasteiger partial charge in [0.1, 0.15) is 5.82 Å². The smallest absolute Gasteiger partial charge is 0.226 e. The summed E-state index contributed by atoms with van der Waals surface area (Å²) in [5.41, 5.74) is 0.764. The van der Waals surface area contributed by atoms with Crippen LogP contribution in [0.1, 0.15) is 12.8 Å². The molecule has 8 nitrogen and oxygen atoms in total. The van der Waals surface area contributed by atoms with Crippen molar-refractivity contribution in [1.82, 2.24) is 19.7 Å². The van der Waals surface area contributed by atoms with Crippen molar-refractivity contribution < 1.29 is 9.84 Å². The van der Waals surface area contributed by atoms with E-state index in [4.69, 9.17) is 9.84 Å². The molecule has 1 fully saturated rings. The molecule has 0 spiro atoms. The van der Waals surface area contributed by atoms with Crippen molar-refractivity contribution in [2.75, 3.05) is 37.0 Å². The van der Waals surface area contributed by atoms with Gasteiger partial charge in [0.15, 0.2) is 5.65 Å². The second-order valence-electron chi connectivity index (χ2n) is 5.08. The molecular formula is C13H20N6O2. The van der Waals surface area contributed by atoms with Gasteiger partial charge in [0, 0.05) is 32.8 Å². The van der Waals surface area contributed by atoms with Crippen LogP contribution in [0.4, 0.5) is 11.8 Å². The lowest BCUT2D eigenvalue weighted by Gasteiger charge is -2.23. The summed E-state index contributed by atoms with van der Waals surface area (Å²) in [5.74, 6) is 1.27. The lowest BCUT2D eigenvalue weighted by Crippen LogP contribution is -2.28. The first-order chi connectivity index (χ1) is 10.3. The van der Waals surface area contributed by atoms with Crippen LogP contribution in [-0.2, 0) is 11.8 Å². The number of nitrogens with zero attached hydrogens (tertiary/aromatic N) is 4. The highest BCUT2D eigenvalue weighted by Crippen LogP contribution is 2.22. The van der Waals surface area contributed by atoms with Crippen LogP contribution in [0.3, 0.4) is 0 Å². The first-order valence-corrected chi connectivity index (χ1v) is 7.16. The molecule has 2 aromatic heterocycles. The van der Waals surface area contributed by atoms with E-state index in [0.717, 1.165) is 37.1 Å². The molecule has 0 aromatic carbocycles. The standard InChI is InChI=1S/C13H20N6O2/c1-19-12-10(8-15-19)11(14-4-5-20)17-13(18-12)16-9-2-6-21-7-3-9/h8-9,20H,2-7H2,1H3,(H2,14,16,17,18). The molecule has 0 atom stereocenters. The highest BCUT2D eigenvalue weighted by molar-refractivity contribution is 5.87. The quantitative estimate of drug-likeness (QED) is 0.732. The van der Waals surface area contributed by atoms with E-state index in [1.165, 1.54) is 0 Å². The summed E-state index contributed by atoms with van der Waals surface area (Å²) in [7, 11) is 1.85. The minimum absolute atomic E-state index is 0.0501. The molecule has 21 heavy (non-hydrogen) atoms. The third-order valence-electron chi connectivity index (χ3n) is 3.55. The van der Waals surface area contributed by atoms with Gasteiger partial charge in [0.05, 0.1) is 18.2 Å². The monoisotopic (exact) mass is 292 g/mol. The summed E-state index contributed by atoms with van der Waals surface area (Å²) in [6.07, 6.45) is 3.63. The number of nitrogens with one attached hydrogen (secondary N) is 2. The van der Waals surface area contributed by atoms with Gasteiger partial charge in [-0.05, 0) is 12.8 Å². The maximum absolute atomic E-state index is 8.98. The van der Waals surface area contributed by atoms with E-state index in [2.05, 4.69) is 25.7 Å². The number of hydrogen-bond donors (Lipinski definition) is 3. The van der Waals surface area contributed by atoms with E-state index in [-0.39, 0.29) is 6.61 Å². The Morgan fingerprint density at radius 1 is 1.38 bits per heavy atom. The van der Waals surface area contributed by atoms with Gasteiger partial charge < -0.3 is 20.5 Å². The topological polar surface area (TPSA) is 97.1 Å². The lowest BCUT2D eigenvalue weighted by molar-refractivity contribution is 0.0903. The summed E-state index contributed by atoms with van der Waals surface area (Å²) in [4.78, 5) is 9.04. The normalized spacial score (nSPS) is 16.3. The van der Waals surface area contributed by atoms with Crippen molar-refractivity contribution in [2.24, 2.45) is 7.05 Å². The van der Waals surface area contributed by atoms with Crippen LogP contribution in [0, 0.1) is 0 Å². The Balaban J connectivity index is 1.88. The van der Waals surface area contributed by atoms with Crippen molar-refractivity contribution in [3.63, 3.8) is 0 Å². The van der Waals surface area contributed by atoms with Gasteiger partial charge in [-0.2, -0.15) is 15.1 Å². The summed E-state index contributed by atoms with van der Waals surface area (Å²) in [6.45, 7) is 2.02. The van der Waals surface area contributed by atoms with Crippen LogP contribution in [0.15, 0.2) is 6.20 Å². The Hall–Kier alpha value is -1.93. The fourth-order valence-electron chi connectivity index (χ4n) is 2.42. The van der Waals surface area contributed by atoms with Gasteiger partial charge in [-0.25, -0.2) is 0 Å². The number of hydrogen-bond acceptors (Lipinski definition) is 7. The molecule has 114 valence electrons. The predicted octanol–water partition coefficient (Wildman–Crippen LogP) is 0.358. The SMILES string of the molecule is Cn1ncc2c(NCCO)nc(NC3CCOCC3)nc21. The number of rotatable bonds is 5. The second-order valence-corrected chi connectivity index (χ2v) is 5.08. The zero-order chi connectivity index (χ0) is 14.7. The van der Waals surface area contributed by atoms with E-state index >= 15 is 0 Å². The molecule has 2 aromatic rings. The second kappa shape index (κ2) is 6.23. The maximum Gasteiger partial charge on any atom is 0.226 e. The fraction of sp³-hybridized carbons (Fsp3) is 0.615. The van der Waals surface area contributed by atoms with Crippen LogP contribution < -0.4 is 10.6 Å². The number of aryl methyl sites for hydroxylation is 1. The summed E-state index contributed by atoms with van der Waals surface area (Å²) in [5, 5.41) is 20.5. The Kier molecular flexibility index (Phi) is 4.16. The van der Waals surface area contributed by atoms with Crippen molar-refractivity contribution in [2.45, 2.75) is 18.9 Å². The van der Waals surface area contributed by atoms with Crippen LogP contribution in [-0.4, -0.2) is 57.3 Å². The minimum Gasteiger partial charge on any atom is -0.395 e. The molecule has 0 aliphatic carbocycles. The van der Waals surface area contributed by atoms with Gasteiger partial charge in [0.2, 0.25) is 5.95 Å². The maximum atomic E-state index is 8.98. The number of ether oxygens (including phenoxy) is 1. The third-order valence-corrected chi connectivity index (χ3v) is 3.55. The van der Waals surface area contributed by atoms with E-state index < -0.39 is 0 Å². The molecule has 1 aliphatic rings. The van der Waals surface area contributed by atoms with E-state index in [1.807, 2.05) is 7.05 Å². The molecule has 8 heteroatoms. The summed E-state index contributed by atoms with van der Waals surface area (Å²) >= 11 is 0. The van der Waals surface area contributed by atoms with Gasteiger partial charge in [-0.1, -0.05) is 0 Å². The molecule has 3 heterocycles. The van der Waals surface area contributed by atoms with Gasteiger partial charge in [-0.3, -0.25) is 4.68 Å². The first kappa shape index (κ1) is 14.0. The Morgan fingerprint density at radius 3 is 2.95 bits per heavy atom. The number of aliphatic hydroxyl groups is 1. The zero-order valence-electron chi connectivity index (χ0n) is 12.0. The fourth-order valence-corrected chi connectivity index (χ4v) is 2.42. The molecule has 0 unspecified atom stereocenters. The third kappa shape index (κ3) is 3.06. The average Bonchev–Trinajstić information content (AvgIpc) is 2.88. The summed E-state index contributed by atoms with van der Waals surface area (Å²) < 4.78 is 7.07. The van der Waals surface area contributed by atoms with Crippen molar-refractivity contribution in [1.29, 1.82) is 0 Å². The molecule has 0 saturated carbocycles. The highest BCUT2D eigenvalue weighted by Gasteiger charge is 2.17. The summed E-state index contributed by atoms with van der Waals surface area (Å²) in [6, 6.07) is 0.329. The first-order valence-electron chi connectivity index (χ1n) is 7.16. The van der Waals surface area contributed by atoms with Gasteiger partial charge in [-0.15, -0.1) is 0 Å². The zero-order valence-corrected chi connectivity index (χ0v) is 12.0. The molecule has 3 rings (SSSR count). The minimum atomic E-state index is 0.0501. The van der Waals surface area contributed by atoms with Crippen LogP contribution in [0.25, 0.3) is 11.0 Å². The van der Waals surface area contributed by atoms with Gasteiger partial charge >= 0.3 is 0 Å². The predicted molar refractivity (Wildman–Crippen MR) is 79.3 cm³/mol. The van der Waals surface area contributed by atoms with Crippen molar-refractivity contribution in [3.8, 4) is 0 Å². The molecule has 1 saturated heterocycles. The van der Waals surface area contributed by atoms with Crippen LogP contribution in [0.2, 0.25) is 0 Å². The molecule has 0 amide bonds. The molecule has 0 bridgehead atoms. The molecule has 0 radical (unpaired) electrons. The average molecular weight is 292 g/mol. The lowest BCUT2D eigenvalue weighted by atomic mass is 10.1. The number of anilines is 2. The van der Waals surface area contributed by atoms with E-state index in [0.29, 0.717) is 24.4 Å². The Bertz CT molecular complexity index is 608. The molecular weight excluding hydrogens is 272 g/mol. The van der Waals surface area contributed by atoms with Crippen LogP contribution in [0.5, 0.6) is 0 Å². The molecule has 1 aliphatic heterocycles. The van der Waals surface area contributed by atoms with E-state index in [1.54, 1.807) is 10.9 Å². The number of aliphatic hydroxyl groups excluding tert-OH is 1. The van der Waals surface area contributed by atoms with Gasteiger partial charge in [0.25, 0.3) is 0 Å². The number of aromatic nitrogens is 4. The van der Waals surface area contributed by atoms with Crippen molar-refractivity contribution in [3.05, 3.63) is 6.20 Å². The van der Waals surface area contributed by atoms with Crippen molar-refractivity contribution >= 4 is 22.8 Å². The number of fused-ring (bicyclic) bond motifs is 1. The van der Waals surface area contributed by atoms with Crippen LogP contribution >= 0.6 is 0 Å². The molecule has 3 N–H and O–H groups in total. The van der Waals surface area contributed by atoms with E-state index in [9.17, 15) is 0 Å². The largest absolute Gasteiger partial charge is 0.395 e. The Morgan fingerprint density at radius 2 is 2.19 bits per heavy atom.